The average Bonchev–Trinajstić information content (AvgIpc) is 3.14. The van der Waals surface area contributed by atoms with Crippen molar-refractivity contribution in [1.29, 1.82) is 0 Å². The van der Waals surface area contributed by atoms with Gasteiger partial charge in [0, 0.05) is 12.1 Å². The number of benzene rings is 2. The molecule has 0 saturated carbocycles. The maximum Gasteiger partial charge on any atom is 0.416 e. The van der Waals surface area contributed by atoms with Crippen molar-refractivity contribution in [2.45, 2.75) is 12.6 Å². The zero-order chi connectivity index (χ0) is 21.9. The fourth-order valence-electron chi connectivity index (χ4n) is 3.01. The normalized spacial score (nSPS) is 11.8. The first kappa shape index (κ1) is 22.0. The summed E-state index contributed by atoms with van der Waals surface area (Å²) in [6.07, 6.45) is -3.87. The molecule has 5 nitrogen and oxygen atoms in total. The Balaban J connectivity index is 1.99. The highest BCUT2D eigenvalue weighted by atomic mass is 32.1. The van der Waals surface area contributed by atoms with Gasteiger partial charge in [0.15, 0.2) is 5.13 Å². The van der Waals surface area contributed by atoms with Gasteiger partial charge in [-0.05, 0) is 57.4 Å². The van der Waals surface area contributed by atoms with Crippen LogP contribution in [0.3, 0.4) is 0 Å². The molecule has 0 aliphatic rings. The van der Waals surface area contributed by atoms with Crippen LogP contribution in [-0.2, 0) is 6.18 Å². The molecule has 1 amide bonds. The van der Waals surface area contributed by atoms with Crippen LogP contribution in [0.15, 0.2) is 42.5 Å². The number of ether oxygens (including phenoxy) is 1. The van der Waals surface area contributed by atoms with Crippen LogP contribution >= 0.6 is 11.3 Å². The summed E-state index contributed by atoms with van der Waals surface area (Å²) in [5.41, 5.74) is -0.261. The van der Waals surface area contributed by atoms with Gasteiger partial charge in [-0.25, -0.2) is 4.98 Å². The van der Waals surface area contributed by atoms with Crippen LogP contribution < -0.4 is 9.64 Å². The number of halogens is 3. The number of carbonyl (C=O) groups is 1. The molecule has 3 rings (SSSR count). The summed E-state index contributed by atoms with van der Waals surface area (Å²) >= 11 is 1.30. The highest BCUT2D eigenvalue weighted by molar-refractivity contribution is 7.22. The minimum absolute atomic E-state index is 0.0269. The Hall–Kier alpha value is -2.65. The Labute approximate surface area is 176 Å². The van der Waals surface area contributed by atoms with Crippen molar-refractivity contribution in [3.8, 4) is 5.75 Å². The van der Waals surface area contributed by atoms with Gasteiger partial charge in [-0.15, -0.1) is 0 Å². The van der Waals surface area contributed by atoms with E-state index in [0.29, 0.717) is 29.4 Å². The van der Waals surface area contributed by atoms with Gasteiger partial charge in [0.2, 0.25) is 0 Å². The maximum absolute atomic E-state index is 13.2. The van der Waals surface area contributed by atoms with Crippen molar-refractivity contribution in [3.63, 3.8) is 0 Å². The van der Waals surface area contributed by atoms with Crippen LogP contribution in [0.1, 0.15) is 22.3 Å². The molecule has 0 aliphatic carbocycles. The molecule has 0 spiro atoms. The molecule has 0 atom stereocenters. The Bertz CT molecular complexity index is 1030. The molecule has 1 aromatic heterocycles. The molecule has 0 fully saturated rings. The van der Waals surface area contributed by atoms with E-state index in [4.69, 9.17) is 4.74 Å². The van der Waals surface area contributed by atoms with Crippen LogP contribution in [0, 0.1) is 0 Å². The molecule has 0 radical (unpaired) electrons. The Morgan fingerprint density at radius 1 is 1.13 bits per heavy atom. The van der Waals surface area contributed by atoms with E-state index in [-0.39, 0.29) is 5.56 Å². The highest BCUT2D eigenvalue weighted by Crippen LogP contribution is 2.35. The van der Waals surface area contributed by atoms with Gasteiger partial charge in [0.25, 0.3) is 5.91 Å². The first-order valence-electron chi connectivity index (χ1n) is 9.28. The average molecular weight is 437 g/mol. The summed E-state index contributed by atoms with van der Waals surface area (Å²) < 4.78 is 45.5. The van der Waals surface area contributed by atoms with Gasteiger partial charge >= 0.3 is 6.18 Å². The van der Waals surface area contributed by atoms with Crippen molar-refractivity contribution in [2.75, 3.05) is 39.2 Å². The molecule has 160 valence electrons. The molecule has 2 aromatic carbocycles. The number of anilines is 1. The van der Waals surface area contributed by atoms with Gasteiger partial charge in [0.05, 0.1) is 17.4 Å². The zero-order valence-electron chi connectivity index (χ0n) is 16.9. The Morgan fingerprint density at radius 3 is 2.53 bits per heavy atom. The minimum atomic E-state index is -4.52. The van der Waals surface area contributed by atoms with E-state index in [9.17, 15) is 18.0 Å². The molecule has 0 N–H and O–H groups in total. The lowest BCUT2D eigenvalue weighted by Crippen LogP contribution is -2.33. The van der Waals surface area contributed by atoms with Crippen LogP contribution in [-0.4, -0.2) is 50.1 Å². The number of rotatable bonds is 7. The van der Waals surface area contributed by atoms with Crippen molar-refractivity contribution in [3.05, 3.63) is 53.6 Å². The standard InChI is InChI=1S/C21H22F3N3O2S/c1-26(2)11-6-12-27(19(28)14-7-4-8-15(13-14)21(22,23)24)20-25-18-16(29-3)9-5-10-17(18)30-20/h4-5,7-10,13H,6,11-12H2,1-3H3. The monoisotopic (exact) mass is 437 g/mol. The fraction of sp³-hybridized carbons (Fsp3) is 0.333. The van der Waals surface area contributed by atoms with Gasteiger partial charge < -0.3 is 9.64 Å². The van der Waals surface area contributed by atoms with Gasteiger partial charge in [-0.3, -0.25) is 9.69 Å². The second-order valence-electron chi connectivity index (χ2n) is 7.00. The number of thiazole rings is 1. The Kier molecular flexibility index (Phi) is 6.62. The molecule has 30 heavy (non-hydrogen) atoms. The lowest BCUT2D eigenvalue weighted by Gasteiger charge is -2.21. The quantitative estimate of drug-likeness (QED) is 0.526. The molecule has 9 heteroatoms. The van der Waals surface area contributed by atoms with Crippen molar-refractivity contribution < 1.29 is 22.7 Å². The van der Waals surface area contributed by atoms with Gasteiger partial charge in [0.1, 0.15) is 11.3 Å². The summed E-state index contributed by atoms with van der Waals surface area (Å²) in [6, 6.07) is 9.95. The third-order valence-corrected chi connectivity index (χ3v) is 5.53. The van der Waals surface area contributed by atoms with E-state index < -0.39 is 17.6 Å². The minimum Gasteiger partial charge on any atom is -0.494 e. The molecule has 3 aromatic rings. The van der Waals surface area contributed by atoms with E-state index in [2.05, 4.69) is 4.98 Å². The lowest BCUT2D eigenvalue weighted by atomic mass is 10.1. The molecular formula is C21H22F3N3O2S. The summed E-state index contributed by atoms with van der Waals surface area (Å²) in [4.78, 5) is 21.2. The number of hydrogen-bond donors (Lipinski definition) is 0. The predicted octanol–water partition coefficient (Wildman–Crippen LogP) is 4.92. The summed E-state index contributed by atoms with van der Waals surface area (Å²) in [5, 5.41) is 0.427. The van der Waals surface area contributed by atoms with Gasteiger partial charge in [-0.2, -0.15) is 13.2 Å². The smallest absolute Gasteiger partial charge is 0.416 e. The number of nitrogens with zero attached hydrogens (tertiary/aromatic N) is 3. The van der Waals surface area contributed by atoms with Crippen molar-refractivity contribution in [1.82, 2.24) is 9.88 Å². The number of hydrogen-bond acceptors (Lipinski definition) is 5. The number of carbonyl (C=O) groups excluding carboxylic acids is 1. The van der Waals surface area contributed by atoms with Crippen LogP contribution in [0.2, 0.25) is 0 Å². The molecule has 1 heterocycles. The molecule has 0 bridgehead atoms. The topological polar surface area (TPSA) is 45.7 Å². The van der Waals surface area contributed by atoms with Crippen LogP contribution in [0.5, 0.6) is 5.75 Å². The first-order valence-corrected chi connectivity index (χ1v) is 10.1. The summed E-state index contributed by atoms with van der Waals surface area (Å²) in [6.45, 7) is 1.05. The van der Waals surface area contributed by atoms with E-state index in [1.165, 1.54) is 35.5 Å². The largest absolute Gasteiger partial charge is 0.494 e. The van der Waals surface area contributed by atoms with E-state index in [1.807, 2.05) is 31.1 Å². The van der Waals surface area contributed by atoms with Crippen molar-refractivity contribution in [2.24, 2.45) is 0 Å². The predicted molar refractivity (Wildman–Crippen MR) is 112 cm³/mol. The van der Waals surface area contributed by atoms with Gasteiger partial charge in [-0.1, -0.05) is 23.5 Å². The molecule has 0 unspecified atom stereocenters. The molecular weight excluding hydrogens is 415 g/mol. The summed E-state index contributed by atoms with van der Waals surface area (Å²) in [5.74, 6) is 0.0626. The SMILES string of the molecule is COc1cccc2sc(N(CCCN(C)C)C(=O)c3cccc(C(F)(F)F)c3)nc12. The number of amides is 1. The zero-order valence-corrected chi connectivity index (χ0v) is 17.7. The van der Waals surface area contributed by atoms with Crippen LogP contribution in [0.25, 0.3) is 10.2 Å². The number of fused-ring (bicyclic) bond motifs is 1. The first-order chi connectivity index (χ1) is 14.2. The lowest BCUT2D eigenvalue weighted by molar-refractivity contribution is -0.137. The fourth-order valence-corrected chi connectivity index (χ4v) is 4.01. The summed E-state index contributed by atoms with van der Waals surface area (Å²) in [7, 11) is 5.37. The van der Waals surface area contributed by atoms with E-state index in [0.717, 1.165) is 23.4 Å². The number of aromatic nitrogens is 1. The molecule has 0 saturated heterocycles. The van der Waals surface area contributed by atoms with E-state index >= 15 is 0 Å². The number of methoxy groups -OCH3 is 1. The second kappa shape index (κ2) is 9.01. The van der Waals surface area contributed by atoms with Crippen LogP contribution in [0.4, 0.5) is 18.3 Å². The second-order valence-corrected chi connectivity index (χ2v) is 8.00. The van der Waals surface area contributed by atoms with Crippen molar-refractivity contribution >= 4 is 32.6 Å². The van der Waals surface area contributed by atoms with E-state index in [1.54, 1.807) is 6.07 Å². The number of para-hydroxylation sites is 1. The highest BCUT2D eigenvalue weighted by Gasteiger charge is 2.32. The Morgan fingerprint density at radius 2 is 1.87 bits per heavy atom. The molecule has 0 aliphatic heterocycles. The third kappa shape index (κ3) is 4.91. The number of alkyl halides is 3. The maximum atomic E-state index is 13.2. The third-order valence-electron chi connectivity index (χ3n) is 4.49.